The number of carbonyl (C=O) groups is 1. The summed E-state index contributed by atoms with van der Waals surface area (Å²) in [5, 5.41) is 7.45. The molecule has 8 nitrogen and oxygen atoms in total. The maximum absolute atomic E-state index is 12.9. The molecule has 1 saturated heterocycles. The van der Waals surface area contributed by atoms with E-state index in [1.54, 1.807) is 6.20 Å². The molecule has 1 aliphatic rings. The number of benzene rings is 1. The number of nitrogens with zero attached hydrogens (tertiary/aromatic N) is 5. The summed E-state index contributed by atoms with van der Waals surface area (Å²) in [6.45, 7) is 0.706. The van der Waals surface area contributed by atoms with Crippen molar-refractivity contribution in [1.82, 2.24) is 29.5 Å². The zero-order valence-corrected chi connectivity index (χ0v) is 16.4. The lowest BCUT2D eigenvalue weighted by Crippen LogP contribution is -2.41. The van der Waals surface area contributed by atoms with E-state index in [0.717, 1.165) is 30.5 Å². The minimum atomic E-state index is -0.121. The SMILES string of the molecule is O=C(COc1ccccc1)N1CCCCC1c1nc(-c2ccc3nccn3c2)n[nH]1. The lowest BCUT2D eigenvalue weighted by molar-refractivity contribution is -0.137. The predicted octanol–water partition coefficient (Wildman–Crippen LogP) is 3.25. The Balaban J connectivity index is 1.33. The van der Waals surface area contributed by atoms with Gasteiger partial charge in [0.2, 0.25) is 0 Å². The van der Waals surface area contributed by atoms with Crippen LogP contribution in [0.1, 0.15) is 31.1 Å². The third-order valence-corrected chi connectivity index (χ3v) is 5.39. The molecule has 5 rings (SSSR count). The van der Waals surface area contributed by atoms with Crippen molar-refractivity contribution in [1.29, 1.82) is 0 Å². The van der Waals surface area contributed by atoms with Crippen molar-refractivity contribution in [3.8, 4) is 17.1 Å². The maximum Gasteiger partial charge on any atom is 0.261 e. The molecule has 1 aromatic carbocycles. The number of aromatic nitrogens is 5. The van der Waals surface area contributed by atoms with E-state index >= 15 is 0 Å². The van der Waals surface area contributed by atoms with Gasteiger partial charge in [-0.15, -0.1) is 0 Å². The zero-order chi connectivity index (χ0) is 20.3. The molecule has 1 unspecified atom stereocenters. The Morgan fingerprint density at radius 1 is 1.17 bits per heavy atom. The average Bonchev–Trinajstić information content (AvgIpc) is 3.47. The van der Waals surface area contributed by atoms with Gasteiger partial charge in [-0.2, -0.15) is 5.10 Å². The van der Waals surface area contributed by atoms with Crippen molar-refractivity contribution < 1.29 is 9.53 Å². The number of hydrogen-bond donors (Lipinski definition) is 1. The maximum atomic E-state index is 12.9. The van der Waals surface area contributed by atoms with Crippen LogP contribution in [-0.4, -0.2) is 48.5 Å². The predicted molar refractivity (Wildman–Crippen MR) is 111 cm³/mol. The number of likely N-dealkylation sites (tertiary alicyclic amines) is 1. The van der Waals surface area contributed by atoms with Crippen molar-refractivity contribution in [2.45, 2.75) is 25.3 Å². The number of ether oxygens (including phenoxy) is 1. The molecular formula is C22H22N6O2. The van der Waals surface area contributed by atoms with E-state index < -0.39 is 0 Å². The fourth-order valence-electron chi connectivity index (χ4n) is 3.86. The van der Waals surface area contributed by atoms with Gasteiger partial charge in [0, 0.05) is 30.7 Å². The van der Waals surface area contributed by atoms with Crippen LogP contribution in [0.15, 0.2) is 61.1 Å². The number of rotatable bonds is 5. The van der Waals surface area contributed by atoms with Gasteiger partial charge in [0.1, 0.15) is 17.2 Å². The molecule has 152 valence electrons. The van der Waals surface area contributed by atoms with E-state index in [1.807, 2.05) is 64.2 Å². The van der Waals surface area contributed by atoms with Gasteiger partial charge >= 0.3 is 0 Å². The average molecular weight is 402 g/mol. The molecule has 0 bridgehead atoms. The molecule has 0 radical (unpaired) electrons. The molecule has 1 amide bonds. The molecule has 1 N–H and O–H groups in total. The Hall–Kier alpha value is -3.68. The first-order chi connectivity index (χ1) is 14.8. The number of fused-ring (bicyclic) bond motifs is 1. The van der Waals surface area contributed by atoms with Gasteiger partial charge < -0.3 is 14.0 Å². The van der Waals surface area contributed by atoms with E-state index in [2.05, 4.69) is 15.2 Å². The Bertz CT molecular complexity index is 1150. The summed E-state index contributed by atoms with van der Waals surface area (Å²) in [5.41, 5.74) is 1.76. The molecule has 1 fully saturated rings. The Kier molecular flexibility index (Phi) is 4.88. The van der Waals surface area contributed by atoms with Gasteiger partial charge in [0.25, 0.3) is 5.91 Å². The van der Waals surface area contributed by atoms with Crippen LogP contribution in [0.5, 0.6) is 5.75 Å². The highest BCUT2D eigenvalue weighted by molar-refractivity contribution is 5.78. The van der Waals surface area contributed by atoms with Crippen LogP contribution in [0.3, 0.4) is 0 Å². The minimum absolute atomic E-state index is 0.0127. The number of pyridine rings is 1. The number of amides is 1. The summed E-state index contributed by atoms with van der Waals surface area (Å²) in [4.78, 5) is 23.7. The highest BCUT2D eigenvalue weighted by Gasteiger charge is 2.30. The smallest absolute Gasteiger partial charge is 0.261 e. The number of aromatic amines is 1. The molecule has 1 aliphatic heterocycles. The largest absolute Gasteiger partial charge is 0.484 e. The first kappa shape index (κ1) is 18.4. The number of para-hydroxylation sites is 1. The van der Waals surface area contributed by atoms with Crippen LogP contribution in [-0.2, 0) is 4.79 Å². The summed E-state index contributed by atoms with van der Waals surface area (Å²) < 4.78 is 7.60. The zero-order valence-electron chi connectivity index (χ0n) is 16.4. The number of imidazole rings is 1. The lowest BCUT2D eigenvalue weighted by atomic mass is 10.0. The number of carbonyl (C=O) groups excluding carboxylic acids is 1. The molecule has 0 aliphatic carbocycles. The quantitative estimate of drug-likeness (QED) is 0.554. The third-order valence-electron chi connectivity index (χ3n) is 5.39. The van der Waals surface area contributed by atoms with Crippen LogP contribution in [0.25, 0.3) is 17.0 Å². The van der Waals surface area contributed by atoms with Crippen LogP contribution in [0.4, 0.5) is 0 Å². The van der Waals surface area contributed by atoms with Gasteiger partial charge in [-0.3, -0.25) is 9.89 Å². The standard InChI is InChI=1S/C22H22N6O2/c29-20(15-30-17-6-2-1-3-7-17)28-12-5-4-8-18(28)22-24-21(25-26-22)16-9-10-19-23-11-13-27(19)14-16/h1-3,6-7,9-11,13-14,18H,4-5,8,12,15H2,(H,24,25,26). The summed E-state index contributed by atoms with van der Waals surface area (Å²) >= 11 is 0. The topological polar surface area (TPSA) is 88.4 Å². The lowest BCUT2D eigenvalue weighted by Gasteiger charge is -2.34. The molecule has 1 atom stereocenters. The summed E-state index contributed by atoms with van der Waals surface area (Å²) in [6.07, 6.45) is 8.47. The van der Waals surface area contributed by atoms with Gasteiger partial charge in [-0.25, -0.2) is 9.97 Å². The second-order valence-corrected chi connectivity index (χ2v) is 7.36. The highest BCUT2D eigenvalue weighted by atomic mass is 16.5. The normalized spacial score (nSPS) is 16.7. The summed E-state index contributed by atoms with van der Waals surface area (Å²) in [7, 11) is 0. The third kappa shape index (κ3) is 3.63. The fraction of sp³-hybridized carbons (Fsp3) is 0.273. The van der Waals surface area contributed by atoms with Crippen molar-refractivity contribution in [3.63, 3.8) is 0 Å². The monoisotopic (exact) mass is 402 g/mol. The van der Waals surface area contributed by atoms with Crippen molar-refractivity contribution >= 4 is 11.6 Å². The molecular weight excluding hydrogens is 380 g/mol. The van der Waals surface area contributed by atoms with E-state index in [1.165, 1.54) is 0 Å². The van der Waals surface area contributed by atoms with Gasteiger partial charge in [-0.05, 0) is 43.5 Å². The van der Waals surface area contributed by atoms with Crippen LogP contribution in [0.2, 0.25) is 0 Å². The second-order valence-electron chi connectivity index (χ2n) is 7.36. The van der Waals surface area contributed by atoms with E-state index in [-0.39, 0.29) is 18.6 Å². The fourth-order valence-corrected chi connectivity index (χ4v) is 3.86. The Labute approximate surface area is 173 Å². The van der Waals surface area contributed by atoms with E-state index in [4.69, 9.17) is 9.72 Å². The minimum Gasteiger partial charge on any atom is -0.484 e. The van der Waals surface area contributed by atoms with E-state index in [9.17, 15) is 4.79 Å². The van der Waals surface area contributed by atoms with Gasteiger partial charge in [-0.1, -0.05) is 18.2 Å². The van der Waals surface area contributed by atoms with Crippen LogP contribution in [0, 0.1) is 0 Å². The second kappa shape index (κ2) is 7.98. The van der Waals surface area contributed by atoms with Crippen molar-refractivity contribution in [2.75, 3.05) is 13.2 Å². The molecule has 0 spiro atoms. The molecule has 0 saturated carbocycles. The number of H-pyrrole nitrogens is 1. The van der Waals surface area contributed by atoms with Crippen molar-refractivity contribution in [2.24, 2.45) is 0 Å². The van der Waals surface area contributed by atoms with Gasteiger partial charge in [0.05, 0.1) is 6.04 Å². The number of piperidine rings is 1. The molecule has 4 heterocycles. The van der Waals surface area contributed by atoms with Gasteiger partial charge in [0.15, 0.2) is 12.4 Å². The first-order valence-corrected chi connectivity index (χ1v) is 10.1. The molecule has 3 aromatic heterocycles. The number of nitrogens with one attached hydrogen (secondary N) is 1. The molecule has 8 heteroatoms. The highest BCUT2D eigenvalue weighted by Crippen LogP contribution is 2.30. The Morgan fingerprint density at radius 2 is 2.07 bits per heavy atom. The van der Waals surface area contributed by atoms with Crippen molar-refractivity contribution in [3.05, 3.63) is 66.9 Å². The van der Waals surface area contributed by atoms with Crippen LogP contribution >= 0.6 is 0 Å². The molecule has 30 heavy (non-hydrogen) atoms. The summed E-state index contributed by atoms with van der Waals surface area (Å²) in [5.74, 6) is 1.97. The molecule has 4 aromatic rings. The van der Waals surface area contributed by atoms with Crippen LogP contribution < -0.4 is 4.74 Å². The van der Waals surface area contributed by atoms with E-state index in [0.29, 0.717) is 23.9 Å². The first-order valence-electron chi connectivity index (χ1n) is 10.1. The number of hydrogen-bond acceptors (Lipinski definition) is 5. The summed E-state index contributed by atoms with van der Waals surface area (Å²) in [6, 6.07) is 13.2. The Morgan fingerprint density at radius 3 is 2.97 bits per heavy atom.